The van der Waals surface area contributed by atoms with Crippen LogP contribution >= 0.6 is 0 Å². The van der Waals surface area contributed by atoms with Crippen LogP contribution in [-0.2, 0) is 0 Å². The minimum absolute atomic E-state index is 0.197. The summed E-state index contributed by atoms with van der Waals surface area (Å²) in [5.74, 6) is 1.98. The van der Waals surface area contributed by atoms with Gasteiger partial charge in [-0.15, -0.1) is 0 Å². The first kappa shape index (κ1) is 22.9. The summed E-state index contributed by atoms with van der Waals surface area (Å²) in [6.45, 7) is 7.98. The molecular weight excluding hydrogens is 405 g/mol. The van der Waals surface area contributed by atoms with Crippen molar-refractivity contribution in [1.29, 1.82) is 0 Å². The van der Waals surface area contributed by atoms with Gasteiger partial charge in [-0.3, -0.25) is 0 Å². The molecule has 0 saturated heterocycles. The molecule has 0 unspecified atom stereocenters. The van der Waals surface area contributed by atoms with Gasteiger partial charge in [-0.05, 0) is 19.3 Å². The van der Waals surface area contributed by atoms with Crippen molar-refractivity contribution < 1.29 is 5.11 Å². The number of aliphatic hydroxyl groups is 1. The normalized spacial score (nSPS) is 11.9. The highest BCUT2D eigenvalue weighted by atomic mass is 16.3. The SMILES string of the molecule is CC(C)(O)C(C)(C)CBc1cccc(-c2nc(-c3ccccc3)nc(-c3ccccc3)n2)c1. The predicted octanol–water partition coefficient (Wildman–Crippen LogP) is 5.15. The molecule has 3 aromatic carbocycles. The van der Waals surface area contributed by atoms with E-state index in [0.717, 1.165) is 30.3 Å². The highest BCUT2D eigenvalue weighted by molar-refractivity contribution is 6.53. The predicted molar refractivity (Wildman–Crippen MR) is 138 cm³/mol. The van der Waals surface area contributed by atoms with Gasteiger partial charge in [0.05, 0.1) is 5.60 Å². The molecule has 0 fully saturated rings. The van der Waals surface area contributed by atoms with Crippen molar-refractivity contribution >= 4 is 12.7 Å². The fourth-order valence-corrected chi connectivity index (χ4v) is 3.57. The first-order valence-electron chi connectivity index (χ1n) is 11.4. The Kier molecular flexibility index (Phi) is 6.43. The average Bonchev–Trinajstić information content (AvgIpc) is 2.83. The molecule has 5 heteroatoms. The van der Waals surface area contributed by atoms with Gasteiger partial charge < -0.3 is 5.11 Å². The Morgan fingerprint density at radius 2 is 1.09 bits per heavy atom. The van der Waals surface area contributed by atoms with Crippen molar-refractivity contribution in [3.8, 4) is 34.2 Å². The average molecular weight is 435 g/mol. The zero-order chi connectivity index (χ0) is 23.5. The summed E-state index contributed by atoms with van der Waals surface area (Å²) in [6.07, 6.45) is 0.877. The number of hydrogen-bond donors (Lipinski definition) is 1. The lowest BCUT2D eigenvalue weighted by molar-refractivity contribution is -0.0236. The van der Waals surface area contributed by atoms with Crippen molar-refractivity contribution in [3.05, 3.63) is 84.9 Å². The van der Waals surface area contributed by atoms with Gasteiger partial charge >= 0.3 is 0 Å². The van der Waals surface area contributed by atoms with E-state index in [1.54, 1.807) is 0 Å². The van der Waals surface area contributed by atoms with Gasteiger partial charge in [0, 0.05) is 16.7 Å². The molecule has 0 atom stereocenters. The summed E-state index contributed by atoms with van der Waals surface area (Å²) in [7, 11) is 0.868. The Morgan fingerprint density at radius 3 is 1.58 bits per heavy atom. The molecule has 0 spiro atoms. The number of rotatable bonds is 7. The molecular formula is C28H30BN3O. The number of nitrogens with zero attached hydrogens (tertiary/aromatic N) is 3. The zero-order valence-corrected chi connectivity index (χ0v) is 19.8. The molecule has 0 radical (unpaired) electrons. The lowest BCUT2D eigenvalue weighted by Gasteiger charge is -2.37. The van der Waals surface area contributed by atoms with Crippen molar-refractivity contribution in [2.24, 2.45) is 5.41 Å². The summed E-state index contributed by atoms with van der Waals surface area (Å²) in [4.78, 5) is 14.4. The van der Waals surface area contributed by atoms with Crippen LogP contribution in [0.2, 0.25) is 6.32 Å². The van der Waals surface area contributed by atoms with E-state index >= 15 is 0 Å². The van der Waals surface area contributed by atoms with Gasteiger partial charge in [0.15, 0.2) is 24.8 Å². The number of benzene rings is 3. The van der Waals surface area contributed by atoms with Gasteiger partial charge in [0.1, 0.15) is 0 Å². The summed E-state index contributed by atoms with van der Waals surface area (Å²) >= 11 is 0. The molecule has 4 aromatic rings. The third kappa shape index (κ3) is 5.37. The van der Waals surface area contributed by atoms with E-state index < -0.39 is 5.60 Å². The Balaban J connectivity index is 1.72. The summed E-state index contributed by atoms with van der Waals surface area (Å²) in [6, 6.07) is 28.4. The summed E-state index contributed by atoms with van der Waals surface area (Å²) in [5, 5.41) is 10.5. The van der Waals surface area contributed by atoms with Crippen LogP contribution in [0.3, 0.4) is 0 Å². The van der Waals surface area contributed by atoms with Crippen LogP contribution < -0.4 is 5.46 Å². The number of hydrogen-bond acceptors (Lipinski definition) is 4. The quantitative estimate of drug-likeness (QED) is 0.408. The molecule has 0 aliphatic heterocycles. The highest BCUT2D eigenvalue weighted by Crippen LogP contribution is 2.34. The van der Waals surface area contributed by atoms with Gasteiger partial charge in [-0.2, -0.15) is 0 Å². The third-order valence-electron chi connectivity index (χ3n) is 6.58. The van der Waals surface area contributed by atoms with E-state index in [2.05, 4.69) is 32.0 Å². The van der Waals surface area contributed by atoms with Crippen LogP contribution in [0.25, 0.3) is 34.2 Å². The lowest BCUT2D eigenvalue weighted by atomic mass is 9.56. The smallest absolute Gasteiger partial charge is 0.164 e. The molecule has 1 aromatic heterocycles. The first-order valence-corrected chi connectivity index (χ1v) is 11.4. The Morgan fingerprint density at radius 1 is 0.636 bits per heavy atom. The maximum atomic E-state index is 10.5. The van der Waals surface area contributed by atoms with E-state index in [1.165, 1.54) is 5.46 Å². The topological polar surface area (TPSA) is 58.9 Å². The van der Waals surface area contributed by atoms with Crippen LogP contribution in [0.5, 0.6) is 0 Å². The van der Waals surface area contributed by atoms with Gasteiger partial charge in [0.2, 0.25) is 0 Å². The van der Waals surface area contributed by atoms with E-state index in [1.807, 2.05) is 80.6 Å². The second-order valence-electron chi connectivity index (χ2n) is 9.68. The molecule has 0 aliphatic carbocycles. The minimum Gasteiger partial charge on any atom is -0.390 e. The lowest BCUT2D eigenvalue weighted by Crippen LogP contribution is -2.40. The van der Waals surface area contributed by atoms with Gasteiger partial charge in [0.25, 0.3) is 0 Å². The van der Waals surface area contributed by atoms with Crippen LogP contribution in [0.1, 0.15) is 27.7 Å². The largest absolute Gasteiger partial charge is 0.390 e. The standard InChI is InChI=1S/C28H30BN3O/c1-27(2,28(3,4)33)19-29-23-17-11-16-22(18-23)26-31-24(20-12-7-5-8-13-20)30-25(32-26)21-14-9-6-10-15-21/h5-18,29,33H,19H2,1-4H3. The van der Waals surface area contributed by atoms with Crippen LogP contribution in [0.4, 0.5) is 0 Å². The second kappa shape index (κ2) is 9.28. The molecule has 166 valence electrons. The van der Waals surface area contributed by atoms with Crippen LogP contribution in [0, 0.1) is 5.41 Å². The van der Waals surface area contributed by atoms with Crippen LogP contribution in [0.15, 0.2) is 84.9 Å². The molecule has 0 aliphatic rings. The molecule has 4 rings (SSSR count). The summed E-state index contributed by atoms with van der Waals surface area (Å²) in [5.41, 5.74) is 3.14. The minimum atomic E-state index is -0.742. The highest BCUT2D eigenvalue weighted by Gasteiger charge is 2.34. The maximum Gasteiger partial charge on any atom is 0.164 e. The molecule has 0 bridgehead atoms. The zero-order valence-electron chi connectivity index (χ0n) is 19.8. The Labute approximate surface area is 197 Å². The molecule has 0 amide bonds. The molecule has 1 heterocycles. The van der Waals surface area contributed by atoms with Crippen molar-refractivity contribution in [2.45, 2.75) is 39.6 Å². The maximum absolute atomic E-state index is 10.5. The fraction of sp³-hybridized carbons (Fsp3) is 0.250. The van der Waals surface area contributed by atoms with Crippen molar-refractivity contribution in [1.82, 2.24) is 15.0 Å². The van der Waals surface area contributed by atoms with Gasteiger partial charge in [-0.25, -0.2) is 15.0 Å². The van der Waals surface area contributed by atoms with Crippen molar-refractivity contribution in [3.63, 3.8) is 0 Å². The Hall–Kier alpha value is -3.31. The van der Waals surface area contributed by atoms with Crippen LogP contribution in [-0.4, -0.2) is 32.9 Å². The van der Waals surface area contributed by atoms with Gasteiger partial charge in [-0.1, -0.05) is 111 Å². The Bertz CT molecular complexity index is 1160. The van der Waals surface area contributed by atoms with E-state index in [-0.39, 0.29) is 5.41 Å². The molecule has 0 saturated carbocycles. The number of aromatic nitrogens is 3. The van der Waals surface area contributed by atoms with E-state index in [0.29, 0.717) is 17.5 Å². The fourth-order valence-electron chi connectivity index (χ4n) is 3.57. The van der Waals surface area contributed by atoms with E-state index in [4.69, 9.17) is 15.0 Å². The third-order valence-corrected chi connectivity index (χ3v) is 6.58. The monoisotopic (exact) mass is 435 g/mol. The first-order chi connectivity index (χ1) is 15.7. The molecule has 4 nitrogen and oxygen atoms in total. The summed E-state index contributed by atoms with van der Waals surface area (Å²) < 4.78 is 0. The van der Waals surface area contributed by atoms with Crippen molar-refractivity contribution in [2.75, 3.05) is 0 Å². The molecule has 1 N–H and O–H groups in total. The second-order valence-corrected chi connectivity index (χ2v) is 9.68. The van der Waals surface area contributed by atoms with E-state index in [9.17, 15) is 5.11 Å². The molecule has 33 heavy (non-hydrogen) atoms.